The highest BCUT2D eigenvalue weighted by Gasteiger charge is 2.39. The number of methoxy groups -OCH3 is 3. The molecule has 13 heterocycles. The van der Waals surface area contributed by atoms with E-state index < -0.39 is 5.82 Å². The van der Waals surface area contributed by atoms with E-state index in [1.165, 1.54) is 32.8 Å². The van der Waals surface area contributed by atoms with Gasteiger partial charge in [0, 0.05) is 98.6 Å². The Balaban J connectivity index is 0.000000111. The molecule has 0 radical (unpaired) electrons. The van der Waals surface area contributed by atoms with Gasteiger partial charge in [-0.1, -0.05) is 54.6 Å². The van der Waals surface area contributed by atoms with Crippen molar-refractivity contribution in [1.82, 2.24) is 88.3 Å². The molecule has 698 valence electrons. The molecule has 24 rings (SSSR count). The molecule has 140 heavy (non-hydrogen) atoms. The number of phenols is 1. The minimum atomic E-state index is -0.397. The van der Waals surface area contributed by atoms with Crippen LogP contribution in [-0.2, 0) is 22.2 Å². The first-order valence-corrected chi connectivity index (χ1v) is 46.2. The van der Waals surface area contributed by atoms with Crippen molar-refractivity contribution in [3.63, 3.8) is 0 Å². The number of ether oxygens (including phenoxy) is 3. The molecule has 0 unspecified atom stereocenters. The number of aromatic amines is 1. The first-order chi connectivity index (χ1) is 68.0. The van der Waals surface area contributed by atoms with E-state index in [1.807, 2.05) is 152 Å². The summed E-state index contributed by atoms with van der Waals surface area (Å²) in [6.45, 7) is 0. The van der Waals surface area contributed by atoms with Gasteiger partial charge in [-0.15, -0.1) is 0 Å². The van der Waals surface area contributed by atoms with Crippen LogP contribution in [0.25, 0.3) is 158 Å². The van der Waals surface area contributed by atoms with Crippen molar-refractivity contribution in [2.45, 2.75) is 99.2 Å². The number of nitrogens with zero attached hydrogens (tertiary/aromatic N) is 17. The number of pyridine rings is 8. The Morgan fingerprint density at radius 2 is 0.643 bits per heavy atom. The third-order valence-corrected chi connectivity index (χ3v) is 27.3. The summed E-state index contributed by atoms with van der Waals surface area (Å²) in [7, 11) is 4.63. The summed E-state index contributed by atoms with van der Waals surface area (Å²) in [6.07, 6.45) is 21.0. The van der Waals surface area contributed by atoms with E-state index in [0.29, 0.717) is 109 Å². The van der Waals surface area contributed by atoms with Gasteiger partial charge >= 0.3 is 0 Å². The normalized spacial score (nSPS) is 14.6. The minimum Gasteiger partial charge on any atom is -0.504 e. The van der Waals surface area contributed by atoms with Gasteiger partial charge in [-0.2, -0.15) is 5.10 Å². The van der Waals surface area contributed by atoms with Crippen molar-refractivity contribution in [2.24, 2.45) is 22.9 Å². The fourth-order valence-electron chi connectivity index (χ4n) is 18.7. The molecule has 0 amide bonds. The van der Waals surface area contributed by atoms with E-state index in [9.17, 15) is 9.50 Å². The maximum atomic E-state index is 14.2. The number of H-pyrrole nitrogens is 1. The molecule has 0 saturated heterocycles. The molecule has 7 aromatic carbocycles. The standard InChI is InChI=1S/C28H25FN6O.C28H27N7O.C28H26N6O2.C24H22N8/c1-36-21-15-17(14-19(29)16-21)23-9-10-24-27(33-23)35(26(34-24)22-4-2-13-32-25(22)30)20-7-5-18(6-8-20)28(31)11-3-12-28;1-36-24-16-17(5-10-21(24)29)22-11-12-23-27(33-22)35(26(34-23)20-4-2-15-32-25(20)30)19-8-6-18(7-9-19)28(31)13-3-14-28;1-36-24-16-17(5-12-23(24)35)21-10-11-22-27(32-21)34(26(33-22)20-4-2-15-31-25(20)29)19-8-6-18(7-9-19)28(30)13-3-14-28;25-21-17(3-1-13-27-21)22-30-20-9-8-18(19-10-14-28-31-19)29-23(20)32(22)16-6-4-15(5-7-16)24(26)11-2-12-24/h2,4-10,13-16H,3,11-12,31H2,1H3,(H2,30,32);2,4-12,15-16H,3,13-14,29,31H2,1H3,(H2,30,32);2,4-12,15-16,35H,3,13-14,30H2,1H3,(H2,29,31);1,3-10,13-14H,2,11-12,26H2,(H2,25,27)(H,28,31). The summed E-state index contributed by atoms with van der Waals surface area (Å²) in [5.41, 5.74) is 79.6. The Morgan fingerprint density at radius 1 is 0.321 bits per heavy atom. The van der Waals surface area contributed by atoms with E-state index in [4.69, 9.17) is 106 Å². The van der Waals surface area contributed by atoms with Crippen LogP contribution in [-0.4, -0.2) is 115 Å². The lowest BCUT2D eigenvalue weighted by molar-refractivity contribution is 0.253. The molecule has 4 aliphatic rings. The molecule has 32 heteroatoms. The highest BCUT2D eigenvalue weighted by atomic mass is 19.1. The molecule has 4 aliphatic carbocycles. The van der Waals surface area contributed by atoms with Gasteiger partial charge in [-0.25, -0.2) is 64.2 Å². The van der Waals surface area contributed by atoms with Crippen molar-refractivity contribution in [3.8, 4) is 136 Å². The van der Waals surface area contributed by atoms with Crippen LogP contribution in [0.3, 0.4) is 0 Å². The molecule has 4 fully saturated rings. The lowest BCUT2D eigenvalue weighted by Crippen LogP contribution is -2.43. The number of imidazole rings is 4. The van der Waals surface area contributed by atoms with Gasteiger partial charge < -0.3 is 70.9 Å². The third-order valence-electron chi connectivity index (χ3n) is 27.3. The Morgan fingerprint density at radius 3 is 0.950 bits per heavy atom. The first kappa shape index (κ1) is 89.3. The first-order valence-electron chi connectivity index (χ1n) is 46.2. The van der Waals surface area contributed by atoms with E-state index in [-0.39, 0.29) is 27.9 Å². The Hall–Kier alpha value is -17.2. The summed E-state index contributed by atoms with van der Waals surface area (Å²) in [5.74, 6) is 5.33. The number of halogens is 1. The fraction of sp³-hybridized carbons (Fsp3) is 0.176. The van der Waals surface area contributed by atoms with Crippen molar-refractivity contribution < 1.29 is 23.7 Å². The van der Waals surface area contributed by atoms with Crippen molar-refractivity contribution in [1.29, 1.82) is 0 Å². The van der Waals surface area contributed by atoms with E-state index in [1.54, 1.807) is 62.4 Å². The Labute approximate surface area is 803 Å². The van der Waals surface area contributed by atoms with Crippen molar-refractivity contribution in [3.05, 3.63) is 314 Å². The lowest BCUT2D eigenvalue weighted by atomic mass is 9.73. The lowest BCUT2D eigenvalue weighted by Gasteiger charge is -2.38. The number of aromatic hydroxyl groups is 1. The van der Waals surface area contributed by atoms with Crippen LogP contribution in [0.4, 0.5) is 33.3 Å². The van der Waals surface area contributed by atoms with Gasteiger partial charge in [0.25, 0.3) is 0 Å². The summed E-state index contributed by atoms with van der Waals surface area (Å²) >= 11 is 0. The SMILES string of the molecule is COc1cc(-c2ccc3nc(-c4cccnc4N)n(-c4ccc(C5(N)CCC5)cc4)c3n2)ccc1N.COc1cc(-c2ccc3nc(-c4cccnc4N)n(-c4ccc(C5(N)CCC5)cc4)c3n2)ccc1O.COc1cc(F)cc(-c2ccc3nc(-c4cccnc4N)n(-c4ccc(C5(N)CCC5)cc4)c3n2)c1.Nc1ncccc1-c1nc2ccc(-c3ccn[nH]3)nc2n1-c1ccc(C2(N)CCC2)cc1. The smallest absolute Gasteiger partial charge is 0.165 e. The molecule has 13 aromatic heterocycles. The average Bonchev–Trinajstić information content (AvgIpc) is 1.59. The molecule has 0 atom stereocenters. The second kappa shape index (κ2) is 36.5. The highest BCUT2D eigenvalue weighted by Crippen LogP contribution is 2.46. The monoisotopic (exact) mass is 1860 g/mol. The van der Waals surface area contributed by atoms with Crippen molar-refractivity contribution >= 4 is 73.6 Å². The van der Waals surface area contributed by atoms with Crippen molar-refractivity contribution in [2.75, 3.05) is 50.0 Å². The number of nitrogens with one attached hydrogen (secondary N) is 1. The number of fused-ring (bicyclic) bond motifs is 4. The predicted octanol–water partition coefficient (Wildman–Crippen LogP) is 18.5. The zero-order chi connectivity index (χ0) is 96.3. The van der Waals surface area contributed by atoms with Gasteiger partial charge in [-0.05, 0) is 293 Å². The van der Waals surface area contributed by atoms with E-state index in [2.05, 4.69) is 115 Å². The molecule has 0 aliphatic heterocycles. The second-order valence-electron chi connectivity index (χ2n) is 35.9. The number of nitrogen functional groups attached to an aromatic ring is 5. The molecule has 20 N–H and O–H groups in total. The Bertz CT molecular complexity index is 7830. The quantitative estimate of drug-likeness (QED) is 0.0335. The number of aromatic nitrogens is 18. The van der Waals surface area contributed by atoms with Gasteiger partial charge in [0.15, 0.2) is 57.4 Å². The number of hydrogen-bond donors (Lipinski definition) is 11. The average molecular weight is 1860 g/mol. The fourth-order valence-corrected chi connectivity index (χ4v) is 18.7. The van der Waals surface area contributed by atoms with Gasteiger partial charge in [0.2, 0.25) is 0 Å². The van der Waals surface area contributed by atoms with Gasteiger partial charge in [0.1, 0.15) is 62.7 Å². The van der Waals surface area contributed by atoms with Crippen LogP contribution in [0.5, 0.6) is 23.0 Å². The highest BCUT2D eigenvalue weighted by molar-refractivity contribution is 5.90. The molecule has 31 nitrogen and oxygen atoms in total. The second-order valence-corrected chi connectivity index (χ2v) is 35.9. The number of nitrogens with two attached hydrogens (primary N) is 9. The molecule has 4 saturated carbocycles. The summed E-state index contributed by atoms with van der Waals surface area (Å²) in [4.78, 5) is 56.4. The summed E-state index contributed by atoms with van der Waals surface area (Å²) in [5, 5.41) is 17.0. The maximum absolute atomic E-state index is 14.2. The minimum absolute atomic E-state index is 0.0749. The number of phenolic OH excluding ortho intramolecular Hbond substituents is 1. The topological polar surface area (TPSA) is 485 Å². The zero-order valence-electron chi connectivity index (χ0n) is 77.0. The van der Waals surface area contributed by atoms with E-state index >= 15 is 0 Å². The molecular weight excluding hydrogens is 1760 g/mol. The van der Waals surface area contributed by atoms with Crippen LogP contribution in [0.1, 0.15) is 99.3 Å². The summed E-state index contributed by atoms with van der Waals surface area (Å²) in [6, 6.07) is 80.7. The predicted molar refractivity (Wildman–Crippen MR) is 544 cm³/mol. The largest absolute Gasteiger partial charge is 0.504 e. The van der Waals surface area contributed by atoms with Crippen LogP contribution in [0.15, 0.2) is 286 Å². The molecule has 0 bridgehead atoms. The summed E-state index contributed by atoms with van der Waals surface area (Å²) < 4.78 is 38.2. The molecule has 20 aromatic rings. The number of rotatable bonds is 19. The zero-order valence-corrected chi connectivity index (χ0v) is 77.0. The third kappa shape index (κ3) is 16.7. The van der Waals surface area contributed by atoms with Crippen LogP contribution >= 0.6 is 0 Å². The molecular formula is C108H100FN27O4. The van der Waals surface area contributed by atoms with E-state index in [0.717, 1.165) is 188 Å². The van der Waals surface area contributed by atoms with Crippen LogP contribution in [0, 0.1) is 5.82 Å². The van der Waals surface area contributed by atoms with Crippen LogP contribution < -0.4 is 65.8 Å². The Kier molecular flexibility index (Phi) is 23.3. The van der Waals surface area contributed by atoms with Gasteiger partial charge in [0.05, 0.1) is 77.7 Å². The number of benzene rings is 7. The number of hydrogen-bond acceptors (Lipinski definition) is 26. The number of anilines is 5. The van der Waals surface area contributed by atoms with Crippen LogP contribution in [0.2, 0.25) is 0 Å². The van der Waals surface area contributed by atoms with Gasteiger partial charge in [-0.3, -0.25) is 23.4 Å². The maximum Gasteiger partial charge on any atom is 0.165 e. The molecule has 0 spiro atoms.